The first kappa shape index (κ1) is 11.1. The molecule has 0 spiro atoms. The molecule has 0 aliphatic heterocycles. The number of carboxylic acids is 1. The van der Waals surface area contributed by atoms with Crippen LogP contribution in [-0.4, -0.2) is 16.1 Å². The summed E-state index contributed by atoms with van der Waals surface area (Å²) in [5, 5.41) is 8.80. The van der Waals surface area contributed by atoms with Gasteiger partial charge in [-0.15, -0.1) is 0 Å². The largest absolute Gasteiger partial charge is 0.477 e. The molecule has 0 radical (unpaired) electrons. The summed E-state index contributed by atoms with van der Waals surface area (Å²) < 4.78 is 5.55. The fraction of sp³-hybridized carbons (Fsp3) is 0.0769. The third-order valence-electron chi connectivity index (χ3n) is 2.18. The van der Waals surface area contributed by atoms with Crippen LogP contribution in [0.25, 0.3) is 0 Å². The number of hydrogen-bond donors (Lipinski definition) is 1. The van der Waals surface area contributed by atoms with Crippen molar-refractivity contribution in [3.05, 3.63) is 53.9 Å². The van der Waals surface area contributed by atoms with Crippen LogP contribution in [0.15, 0.2) is 42.6 Å². The van der Waals surface area contributed by atoms with Crippen LogP contribution in [0.5, 0.6) is 11.5 Å². The fourth-order valence-electron chi connectivity index (χ4n) is 1.41. The molecule has 1 heterocycles. The first-order valence-corrected chi connectivity index (χ1v) is 5.09. The SMILES string of the molecule is Cc1cccc(Oc2ccnc(C(=O)O)c2)c1. The first-order chi connectivity index (χ1) is 8.15. The molecule has 0 saturated heterocycles. The van der Waals surface area contributed by atoms with Crippen molar-refractivity contribution in [2.45, 2.75) is 6.92 Å². The fourth-order valence-corrected chi connectivity index (χ4v) is 1.41. The molecule has 17 heavy (non-hydrogen) atoms. The van der Waals surface area contributed by atoms with E-state index in [1.807, 2.05) is 31.2 Å². The lowest BCUT2D eigenvalue weighted by molar-refractivity contribution is 0.0690. The summed E-state index contributed by atoms with van der Waals surface area (Å²) in [6.45, 7) is 1.96. The van der Waals surface area contributed by atoms with Crippen LogP contribution >= 0.6 is 0 Å². The first-order valence-electron chi connectivity index (χ1n) is 5.09. The molecule has 0 aliphatic rings. The number of carboxylic acid groups (broad SMARTS) is 1. The number of ether oxygens (including phenoxy) is 1. The van der Waals surface area contributed by atoms with Gasteiger partial charge in [0.25, 0.3) is 0 Å². The van der Waals surface area contributed by atoms with E-state index in [1.165, 1.54) is 12.3 Å². The Bertz CT molecular complexity index is 552. The van der Waals surface area contributed by atoms with E-state index >= 15 is 0 Å². The number of rotatable bonds is 3. The molecule has 1 aromatic carbocycles. The summed E-state index contributed by atoms with van der Waals surface area (Å²) in [4.78, 5) is 14.5. The van der Waals surface area contributed by atoms with Crippen LogP contribution in [0.4, 0.5) is 0 Å². The van der Waals surface area contributed by atoms with Gasteiger partial charge in [-0.25, -0.2) is 9.78 Å². The molecule has 1 N–H and O–H groups in total. The van der Waals surface area contributed by atoms with Gasteiger partial charge in [-0.3, -0.25) is 0 Å². The van der Waals surface area contributed by atoms with Crippen LogP contribution in [0, 0.1) is 6.92 Å². The van der Waals surface area contributed by atoms with Crippen molar-refractivity contribution in [3.8, 4) is 11.5 Å². The van der Waals surface area contributed by atoms with Crippen LogP contribution < -0.4 is 4.74 Å². The molecule has 4 heteroatoms. The molecule has 0 saturated carbocycles. The Morgan fingerprint density at radius 2 is 2.00 bits per heavy atom. The molecule has 1 aromatic heterocycles. The maximum absolute atomic E-state index is 10.7. The number of benzene rings is 1. The second kappa shape index (κ2) is 4.65. The summed E-state index contributed by atoms with van der Waals surface area (Å²) in [6, 6.07) is 10.5. The summed E-state index contributed by atoms with van der Waals surface area (Å²) in [5.74, 6) is 0.0650. The maximum atomic E-state index is 10.7. The van der Waals surface area contributed by atoms with Gasteiger partial charge in [-0.1, -0.05) is 12.1 Å². The normalized spacial score (nSPS) is 9.94. The minimum Gasteiger partial charge on any atom is -0.477 e. The summed E-state index contributed by atoms with van der Waals surface area (Å²) >= 11 is 0. The topological polar surface area (TPSA) is 59.4 Å². The van der Waals surface area contributed by atoms with Crippen molar-refractivity contribution in [2.24, 2.45) is 0 Å². The van der Waals surface area contributed by atoms with E-state index in [0.717, 1.165) is 5.56 Å². The highest BCUT2D eigenvalue weighted by Gasteiger charge is 2.06. The Morgan fingerprint density at radius 1 is 1.24 bits per heavy atom. The lowest BCUT2D eigenvalue weighted by Crippen LogP contribution is -1.99. The van der Waals surface area contributed by atoms with Crippen molar-refractivity contribution in [1.29, 1.82) is 0 Å². The highest BCUT2D eigenvalue weighted by atomic mass is 16.5. The molecule has 2 rings (SSSR count). The minimum atomic E-state index is -1.07. The standard InChI is InChI=1S/C13H11NO3/c1-9-3-2-4-10(7-9)17-11-5-6-14-12(8-11)13(15)16/h2-8H,1H3,(H,15,16). The third-order valence-corrected chi connectivity index (χ3v) is 2.18. The Morgan fingerprint density at radius 3 is 2.71 bits per heavy atom. The second-order valence-corrected chi connectivity index (χ2v) is 3.60. The number of pyridine rings is 1. The lowest BCUT2D eigenvalue weighted by atomic mass is 10.2. The van der Waals surface area contributed by atoms with Gasteiger partial charge >= 0.3 is 5.97 Å². The predicted molar refractivity (Wildman–Crippen MR) is 62.4 cm³/mol. The third kappa shape index (κ3) is 2.81. The predicted octanol–water partition coefficient (Wildman–Crippen LogP) is 2.88. The Kier molecular flexibility index (Phi) is 3.05. The number of aromatic nitrogens is 1. The van der Waals surface area contributed by atoms with Crippen LogP contribution in [-0.2, 0) is 0 Å². The van der Waals surface area contributed by atoms with E-state index in [0.29, 0.717) is 11.5 Å². The maximum Gasteiger partial charge on any atom is 0.354 e. The van der Waals surface area contributed by atoms with Gasteiger partial charge in [-0.05, 0) is 30.7 Å². The molecular weight excluding hydrogens is 218 g/mol. The lowest BCUT2D eigenvalue weighted by Gasteiger charge is -2.06. The average Bonchev–Trinajstić information content (AvgIpc) is 2.29. The smallest absolute Gasteiger partial charge is 0.354 e. The summed E-state index contributed by atoms with van der Waals surface area (Å²) in [6.07, 6.45) is 1.41. The number of nitrogens with zero attached hydrogens (tertiary/aromatic N) is 1. The van der Waals surface area contributed by atoms with E-state index in [9.17, 15) is 4.79 Å². The molecule has 0 atom stereocenters. The Hall–Kier alpha value is -2.36. The number of aryl methyl sites for hydroxylation is 1. The van der Waals surface area contributed by atoms with Gasteiger partial charge in [-0.2, -0.15) is 0 Å². The van der Waals surface area contributed by atoms with Crippen molar-refractivity contribution >= 4 is 5.97 Å². The van der Waals surface area contributed by atoms with E-state index in [4.69, 9.17) is 9.84 Å². The molecule has 0 bridgehead atoms. The number of carbonyl (C=O) groups is 1. The molecule has 2 aromatic rings. The second-order valence-electron chi connectivity index (χ2n) is 3.60. The molecule has 86 valence electrons. The zero-order valence-electron chi connectivity index (χ0n) is 9.25. The van der Waals surface area contributed by atoms with Crippen LogP contribution in [0.1, 0.15) is 16.1 Å². The van der Waals surface area contributed by atoms with Gasteiger partial charge in [0.1, 0.15) is 11.5 Å². The summed E-state index contributed by atoms with van der Waals surface area (Å²) in [5.41, 5.74) is 1.05. The van der Waals surface area contributed by atoms with Gasteiger partial charge in [0.05, 0.1) is 0 Å². The van der Waals surface area contributed by atoms with E-state index in [2.05, 4.69) is 4.98 Å². The average molecular weight is 229 g/mol. The Labute approximate surface area is 98.5 Å². The van der Waals surface area contributed by atoms with Gasteiger partial charge in [0, 0.05) is 12.3 Å². The molecule has 4 nitrogen and oxygen atoms in total. The zero-order valence-corrected chi connectivity index (χ0v) is 9.25. The highest BCUT2D eigenvalue weighted by Crippen LogP contribution is 2.22. The quantitative estimate of drug-likeness (QED) is 0.879. The number of aromatic carboxylic acids is 1. The van der Waals surface area contributed by atoms with Gasteiger partial charge < -0.3 is 9.84 Å². The van der Waals surface area contributed by atoms with Crippen molar-refractivity contribution < 1.29 is 14.6 Å². The number of hydrogen-bond acceptors (Lipinski definition) is 3. The zero-order chi connectivity index (χ0) is 12.3. The minimum absolute atomic E-state index is 0.0323. The van der Waals surface area contributed by atoms with Crippen molar-refractivity contribution in [2.75, 3.05) is 0 Å². The molecule has 0 aliphatic carbocycles. The van der Waals surface area contributed by atoms with Crippen LogP contribution in [0.2, 0.25) is 0 Å². The Balaban J connectivity index is 2.24. The molecule has 0 fully saturated rings. The molecule has 0 amide bonds. The van der Waals surface area contributed by atoms with Crippen molar-refractivity contribution in [1.82, 2.24) is 4.98 Å². The van der Waals surface area contributed by atoms with Gasteiger partial charge in [0.15, 0.2) is 5.69 Å². The highest BCUT2D eigenvalue weighted by molar-refractivity contribution is 5.85. The molecule has 0 unspecified atom stereocenters. The summed E-state index contributed by atoms with van der Waals surface area (Å²) in [7, 11) is 0. The van der Waals surface area contributed by atoms with Crippen LogP contribution in [0.3, 0.4) is 0 Å². The van der Waals surface area contributed by atoms with E-state index < -0.39 is 5.97 Å². The monoisotopic (exact) mass is 229 g/mol. The van der Waals surface area contributed by atoms with Crippen molar-refractivity contribution in [3.63, 3.8) is 0 Å². The van der Waals surface area contributed by atoms with E-state index in [1.54, 1.807) is 6.07 Å². The van der Waals surface area contributed by atoms with Gasteiger partial charge in [0.2, 0.25) is 0 Å². The van der Waals surface area contributed by atoms with E-state index in [-0.39, 0.29) is 5.69 Å². The molecular formula is C13H11NO3.